The van der Waals surface area contributed by atoms with Crippen molar-refractivity contribution in [1.29, 1.82) is 0 Å². The van der Waals surface area contributed by atoms with Crippen LogP contribution >= 0.6 is 0 Å². The van der Waals surface area contributed by atoms with Crippen molar-refractivity contribution in [2.45, 2.75) is 58.2 Å². The van der Waals surface area contributed by atoms with Crippen LogP contribution in [0.2, 0.25) is 0 Å². The molecule has 160 valence electrons. The summed E-state index contributed by atoms with van der Waals surface area (Å²) in [4.78, 5) is 35.3. The van der Waals surface area contributed by atoms with Crippen molar-refractivity contribution in [2.24, 2.45) is 0 Å². The van der Waals surface area contributed by atoms with E-state index in [-0.39, 0.29) is 11.6 Å². The van der Waals surface area contributed by atoms with Gasteiger partial charge in [-0.2, -0.15) is 0 Å². The Balaban J connectivity index is 1.75. The number of carbonyl (C=O) groups is 2. The number of ether oxygens (including phenoxy) is 2. The maximum atomic E-state index is 13.2. The quantitative estimate of drug-likeness (QED) is 0.567. The number of hydrogen-bond acceptors (Lipinski definition) is 6. The summed E-state index contributed by atoms with van der Waals surface area (Å²) < 4.78 is 11.8. The minimum absolute atomic E-state index is 0.242. The molecule has 2 aromatic carbocycles. The number of nitrogens with zero attached hydrogens (tertiary/aromatic N) is 2. The van der Waals surface area contributed by atoms with Crippen LogP contribution in [-0.4, -0.2) is 32.7 Å². The van der Waals surface area contributed by atoms with Crippen molar-refractivity contribution in [2.75, 3.05) is 0 Å². The molecular weight excluding hydrogens is 392 g/mol. The largest absolute Gasteiger partial charge is 0.437 e. The molecule has 1 aliphatic rings. The summed E-state index contributed by atoms with van der Waals surface area (Å²) >= 11 is 0. The zero-order valence-corrected chi connectivity index (χ0v) is 18.4. The van der Waals surface area contributed by atoms with Crippen LogP contribution in [0.15, 0.2) is 48.7 Å². The maximum Gasteiger partial charge on any atom is 0.238 e. The number of hydrogen-bond donors (Lipinski definition) is 0. The minimum atomic E-state index is -1.06. The summed E-state index contributed by atoms with van der Waals surface area (Å²) in [5.74, 6) is -0.540. The number of rotatable bonds is 4. The van der Waals surface area contributed by atoms with Crippen LogP contribution in [0.1, 0.15) is 51.7 Å². The molecule has 0 spiro atoms. The number of ketones is 2. The Kier molecular flexibility index (Phi) is 5.13. The molecule has 6 nitrogen and oxygen atoms in total. The fourth-order valence-electron chi connectivity index (χ4n) is 4.17. The van der Waals surface area contributed by atoms with Crippen LogP contribution in [0.4, 0.5) is 0 Å². The lowest BCUT2D eigenvalue weighted by atomic mass is 9.73. The first-order chi connectivity index (χ1) is 14.6. The Hall–Kier alpha value is -3.12. The Bertz CT molecular complexity index is 1160. The molecule has 0 aliphatic carbocycles. The second-order valence-corrected chi connectivity index (χ2v) is 8.80. The fourth-order valence-corrected chi connectivity index (χ4v) is 4.17. The van der Waals surface area contributed by atoms with Gasteiger partial charge in [-0.05, 0) is 69.5 Å². The Morgan fingerprint density at radius 1 is 0.968 bits per heavy atom. The average Bonchev–Trinajstić information content (AvgIpc) is 2.72. The third-order valence-corrected chi connectivity index (χ3v) is 5.68. The molecule has 3 aromatic rings. The first-order valence-electron chi connectivity index (χ1n) is 10.4. The molecular formula is C25H26N2O4. The molecule has 4 rings (SSSR count). The van der Waals surface area contributed by atoms with Gasteiger partial charge in [0.2, 0.25) is 5.88 Å². The van der Waals surface area contributed by atoms with Gasteiger partial charge in [0, 0.05) is 0 Å². The van der Waals surface area contributed by atoms with Crippen molar-refractivity contribution in [1.82, 2.24) is 9.97 Å². The first-order valence-corrected chi connectivity index (χ1v) is 10.4. The fraction of sp³-hybridized carbons (Fsp3) is 0.360. The lowest BCUT2D eigenvalue weighted by Crippen LogP contribution is -2.58. The lowest BCUT2D eigenvalue weighted by molar-refractivity contribution is -0.184. The van der Waals surface area contributed by atoms with Crippen LogP contribution in [-0.2, 0) is 20.7 Å². The van der Waals surface area contributed by atoms with Crippen LogP contribution in [0.5, 0.6) is 11.6 Å². The predicted octanol–water partition coefficient (Wildman–Crippen LogP) is 4.79. The van der Waals surface area contributed by atoms with Gasteiger partial charge in [-0.25, -0.2) is 9.97 Å². The Morgan fingerprint density at radius 2 is 1.61 bits per heavy atom. The minimum Gasteiger partial charge on any atom is -0.437 e. The van der Waals surface area contributed by atoms with Gasteiger partial charge in [-0.1, -0.05) is 25.1 Å². The van der Waals surface area contributed by atoms with E-state index in [0.717, 1.165) is 16.6 Å². The van der Waals surface area contributed by atoms with Gasteiger partial charge in [0.25, 0.3) is 0 Å². The monoisotopic (exact) mass is 418 g/mol. The van der Waals surface area contributed by atoms with Crippen LogP contribution in [0, 0.1) is 0 Å². The van der Waals surface area contributed by atoms with Crippen molar-refractivity contribution >= 4 is 22.6 Å². The molecule has 0 saturated carbocycles. The lowest BCUT2D eigenvalue weighted by Gasteiger charge is -2.43. The smallest absolute Gasteiger partial charge is 0.238 e. The van der Waals surface area contributed by atoms with Crippen molar-refractivity contribution in [3.8, 4) is 11.6 Å². The van der Waals surface area contributed by atoms with Crippen LogP contribution in [0.3, 0.4) is 0 Å². The van der Waals surface area contributed by atoms with E-state index < -0.39 is 17.1 Å². The molecule has 0 amide bonds. The Labute approximate surface area is 181 Å². The molecule has 0 atom stereocenters. The zero-order chi connectivity index (χ0) is 22.4. The summed E-state index contributed by atoms with van der Waals surface area (Å²) in [6.45, 7) is 8.86. The number of aryl methyl sites for hydroxylation is 1. The molecule has 1 aromatic heterocycles. The summed E-state index contributed by atoms with van der Waals surface area (Å²) in [6.07, 6.45) is 2.25. The Morgan fingerprint density at radius 3 is 2.26 bits per heavy atom. The molecule has 1 saturated heterocycles. The normalized spacial score (nSPS) is 18.4. The standard InChI is InChI=1S/C25H26N2O4/c1-6-15-11-12-16(30-20-14-26-18-9-7-8-10-19(18)27-20)13-17(15)21-22(28)24(2,3)31-25(4,5)23(21)29/h7-14,21H,6H2,1-5H3. The molecule has 1 aliphatic heterocycles. The number of benzene rings is 2. The maximum absolute atomic E-state index is 13.2. The summed E-state index contributed by atoms with van der Waals surface area (Å²) in [7, 11) is 0. The van der Waals surface area contributed by atoms with E-state index in [1.54, 1.807) is 40.0 Å². The average molecular weight is 418 g/mol. The summed E-state index contributed by atoms with van der Waals surface area (Å²) in [6, 6.07) is 13.0. The molecule has 1 fully saturated rings. The van der Waals surface area contributed by atoms with Crippen molar-refractivity contribution in [3.05, 3.63) is 59.8 Å². The van der Waals surface area contributed by atoms with Gasteiger partial charge in [0.15, 0.2) is 11.6 Å². The predicted molar refractivity (Wildman–Crippen MR) is 117 cm³/mol. The van der Waals surface area contributed by atoms with Crippen LogP contribution in [0.25, 0.3) is 11.0 Å². The van der Waals surface area contributed by atoms with E-state index in [2.05, 4.69) is 9.97 Å². The SMILES string of the molecule is CCc1ccc(Oc2cnc3ccccc3n2)cc1C1C(=O)C(C)(C)OC(C)(C)C1=O. The second-order valence-electron chi connectivity index (χ2n) is 8.80. The van der Waals surface area contributed by atoms with Gasteiger partial charge < -0.3 is 9.47 Å². The highest BCUT2D eigenvalue weighted by atomic mass is 16.5. The summed E-state index contributed by atoms with van der Waals surface area (Å²) in [5.41, 5.74) is 0.968. The molecule has 0 bridgehead atoms. The van der Waals surface area contributed by atoms with Gasteiger partial charge >= 0.3 is 0 Å². The topological polar surface area (TPSA) is 78.4 Å². The number of carbonyl (C=O) groups excluding carboxylic acids is 2. The molecule has 0 N–H and O–H groups in total. The summed E-state index contributed by atoms with van der Waals surface area (Å²) in [5, 5.41) is 0. The van der Waals surface area contributed by atoms with Crippen LogP contribution < -0.4 is 4.74 Å². The molecule has 2 heterocycles. The van der Waals surface area contributed by atoms with Gasteiger partial charge in [0.05, 0.1) is 17.2 Å². The van der Waals surface area contributed by atoms with Crippen molar-refractivity contribution in [3.63, 3.8) is 0 Å². The van der Waals surface area contributed by atoms with Gasteiger partial charge in [-0.15, -0.1) is 0 Å². The molecule has 0 unspecified atom stereocenters. The van der Waals surface area contributed by atoms with Crippen molar-refractivity contribution < 1.29 is 19.1 Å². The number of para-hydroxylation sites is 2. The van der Waals surface area contributed by atoms with E-state index in [1.807, 2.05) is 43.3 Å². The van der Waals surface area contributed by atoms with E-state index in [1.165, 1.54) is 0 Å². The number of aromatic nitrogens is 2. The van der Waals surface area contributed by atoms with E-state index in [0.29, 0.717) is 23.6 Å². The third kappa shape index (κ3) is 3.83. The number of fused-ring (bicyclic) bond motifs is 1. The van der Waals surface area contributed by atoms with E-state index in [9.17, 15) is 9.59 Å². The highest BCUT2D eigenvalue weighted by Crippen LogP contribution is 2.40. The zero-order valence-electron chi connectivity index (χ0n) is 18.4. The molecule has 6 heteroatoms. The molecule has 0 radical (unpaired) electrons. The van der Waals surface area contributed by atoms with Gasteiger partial charge in [0.1, 0.15) is 22.9 Å². The highest BCUT2D eigenvalue weighted by Gasteiger charge is 2.53. The second kappa shape index (κ2) is 7.54. The van der Waals surface area contributed by atoms with Gasteiger partial charge in [-0.3, -0.25) is 9.59 Å². The molecule has 31 heavy (non-hydrogen) atoms. The number of Topliss-reactive ketones (excluding diaryl/α,β-unsaturated/α-hetero) is 2. The third-order valence-electron chi connectivity index (χ3n) is 5.68. The highest BCUT2D eigenvalue weighted by molar-refractivity contribution is 6.15. The first kappa shape index (κ1) is 21.1. The van der Waals surface area contributed by atoms with E-state index >= 15 is 0 Å². The van der Waals surface area contributed by atoms with E-state index in [4.69, 9.17) is 9.47 Å².